The molecule has 0 amide bonds. The van der Waals surface area contributed by atoms with Crippen LogP contribution in [-0.4, -0.2) is 20.6 Å². The SMILES string of the molecule is O/N=C(\C1CCCC1)n1ccnc1. The fourth-order valence-corrected chi connectivity index (χ4v) is 1.92. The molecule has 1 aromatic rings. The molecule has 0 spiro atoms. The maximum atomic E-state index is 8.90. The average molecular weight is 179 g/mol. The van der Waals surface area contributed by atoms with Gasteiger partial charge < -0.3 is 5.21 Å². The third-order valence-corrected chi connectivity index (χ3v) is 2.59. The molecule has 13 heavy (non-hydrogen) atoms. The highest BCUT2D eigenvalue weighted by Gasteiger charge is 2.22. The second-order valence-corrected chi connectivity index (χ2v) is 3.41. The van der Waals surface area contributed by atoms with Crippen molar-refractivity contribution in [2.24, 2.45) is 11.1 Å². The third kappa shape index (κ3) is 1.56. The summed E-state index contributed by atoms with van der Waals surface area (Å²) in [7, 11) is 0. The molecule has 1 N–H and O–H groups in total. The lowest BCUT2D eigenvalue weighted by atomic mass is 10.1. The minimum Gasteiger partial charge on any atom is -0.409 e. The molecule has 4 nitrogen and oxygen atoms in total. The first-order valence-corrected chi connectivity index (χ1v) is 4.62. The fraction of sp³-hybridized carbons (Fsp3) is 0.556. The van der Waals surface area contributed by atoms with Crippen molar-refractivity contribution < 1.29 is 5.21 Å². The zero-order chi connectivity index (χ0) is 9.10. The Morgan fingerprint density at radius 3 is 2.77 bits per heavy atom. The van der Waals surface area contributed by atoms with Gasteiger partial charge in [0.15, 0.2) is 5.84 Å². The Labute approximate surface area is 76.9 Å². The first-order valence-electron chi connectivity index (χ1n) is 4.62. The monoisotopic (exact) mass is 179 g/mol. The van der Waals surface area contributed by atoms with Crippen molar-refractivity contribution in [2.75, 3.05) is 0 Å². The highest BCUT2D eigenvalue weighted by atomic mass is 16.4. The van der Waals surface area contributed by atoms with E-state index in [0.29, 0.717) is 5.92 Å². The van der Waals surface area contributed by atoms with Crippen molar-refractivity contribution in [3.8, 4) is 0 Å². The van der Waals surface area contributed by atoms with Crippen LogP contribution >= 0.6 is 0 Å². The highest BCUT2D eigenvalue weighted by Crippen LogP contribution is 2.26. The number of oxime groups is 1. The van der Waals surface area contributed by atoms with E-state index in [-0.39, 0.29) is 0 Å². The predicted octanol–water partition coefficient (Wildman–Crippen LogP) is 1.71. The number of aromatic nitrogens is 2. The summed E-state index contributed by atoms with van der Waals surface area (Å²) < 4.78 is 1.79. The van der Waals surface area contributed by atoms with Crippen LogP contribution < -0.4 is 0 Å². The Bertz CT molecular complexity index is 286. The molecular weight excluding hydrogens is 166 g/mol. The Morgan fingerprint density at radius 2 is 2.23 bits per heavy atom. The molecule has 2 rings (SSSR count). The van der Waals surface area contributed by atoms with E-state index in [0.717, 1.165) is 18.7 Å². The van der Waals surface area contributed by atoms with E-state index < -0.39 is 0 Å². The van der Waals surface area contributed by atoms with Crippen LogP contribution in [0.5, 0.6) is 0 Å². The quantitative estimate of drug-likeness (QED) is 0.309. The van der Waals surface area contributed by atoms with Crippen LogP contribution in [0.25, 0.3) is 0 Å². The standard InChI is InChI=1S/C9H13N3O/c13-11-9(8-3-1-2-4-8)12-6-5-10-7-12/h5-8,13H,1-4H2/b11-9+. The molecule has 0 aromatic carbocycles. The molecule has 1 aliphatic carbocycles. The van der Waals surface area contributed by atoms with Crippen molar-refractivity contribution in [3.05, 3.63) is 18.7 Å². The van der Waals surface area contributed by atoms with Gasteiger partial charge in [0.2, 0.25) is 0 Å². The highest BCUT2D eigenvalue weighted by molar-refractivity contribution is 5.86. The van der Waals surface area contributed by atoms with E-state index in [1.165, 1.54) is 12.8 Å². The molecule has 1 aliphatic rings. The maximum absolute atomic E-state index is 8.90. The molecule has 1 saturated carbocycles. The van der Waals surface area contributed by atoms with Crippen LogP contribution in [0.15, 0.2) is 23.9 Å². The summed E-state index contributed by atoms with van der Waals surface area (Å²) in [6.07, 6.45) is 9.90. The van der Waals surface area contributed by atoms with Crippen LogP contribution in [0, 0.1) is 5.92 Å². The maximum Gasteiger partial charge on any atom is 0.156 e. The van der Waals surface area contributed by atoms with E-state index in [2.05, 4.69) is 10.1 Å². The Kier molecular flexibility index (Phi) is 2.29. The van der Waals surface area contributed by atoms with E-state index in [9.17, 15) is 0 Å². The molecule has 70 valence electrons. The average Bonchev–Trinajstić information content (AvgIpc) is 2.76. The van der Waals surface area contributed by atoms with Crippen molar-refractivity contribution >= 4 is 5.84 Å². The zero-order valence-electron chi connectivity index (χ0n) is 7.43. The van der Waals surface area contributed by atoms with E-state index in [4.69, 9.17) is 5.21 Å². The van der Waals surface area contributed by atoms with Gasteiger partial charge in [0.1, 0.15) is 6.33 Å². The van der Waals surface area contributed by atoms with E-state index in [1.807, 2.05) is 6.20 Å². The van der Waals surface area contributed by atoms with Crippen LogP contribution in [0.4, 0.5) is 0 Å². The first kappa shape index (κ1) is 8.29. The van der Waals surface area contributed by atoms with Crippen molar-refractivity contribution in [1.29, 1.82) is 0 Å². The topological polar surface area (TPSA) is 50.4 Å². The lowest BCUT2D eigenvalue weighted by molar-refractivity contribution is 0.312. The lowest BCUT2D eigenvalue weighted by Gasteiger charge is -2.10. The van der Waals surface area contributed by atoms with E-state index >= 15 is 0 Å². The van der Waals surface area contributed by atoms with Gasteiger partial charge in [-0.25, -0.2) is 4.98 Å². The third-order valence-electron chi connectivity index (χ3n) is 2.59. The number of nitrogens with zero attached hydrogens (tertiary/aromatic N) is 3. The molecule has 0 atom stereocenters. The Hall–Kier alpha value is -1.32. The predicted molar refractivity (Wildman–Crippen MR) is 48.8 cm³/mol. The van der Waals surface area contributed by atoms with Gasteiger partial charge in [-0.1, -0.05) is 18.0 Å². The molecule has 0 aliphatic heterocycles. The van der Waals surface area contributed by atoms with Gasteiger partial charge in [-0.15, -0.1) is 0 Å². The van der Waals surface area contributed by atoms with Crippen molar-refractivity contribution in [2.45, 2.75) is 25.7 Å². The van der Waals surface area contributed by atoms with E-state index in [1.54, 1.807) is 17.1 Å². The largest absolute Gasteiger partial charge is 0.409 e. The number of hydrogen-bond acceptors (Lipinski definition) is 3. The Balaban J connectivity index is 2.19. The normalized spacial score (nSPS) is 19.5. The zero-order valence-corrected chi connectivity index (χ0v) is 7.43. The van der Waals surface area contributed by atoms with Gasteiger partial charge in [-0.05, 0) is 12.8 Å². The number of rotatable bonds is 1. The summed E-state index contributed by atoms with van der Waals surface area (Å²) in [6.45, 7) is 0. The molecule has 0 unspecified atom stereocenters. The molecule has 1 heterocycles. The minimum absolute atomic E-state index is 0.402. The van der Waals surface area contributed by atoms with Crippen molar-refractivity contribution in [3.63, 3.8) is 0 Å². The van der Waals surface area contributed by atoms with Crippen LogP contribution in [0.2, 0.25) is 0 Å². The molecule has 1 aromatic heterocycles. The summed E-state index contributed by atoms with van der Waals surface area (Å²) in [5, 5.41) is 12.2. The van der Waals surface area contributed by atoms with Crippen LogP contribution in [-0.2, 0) is 0 Å². The molecular formula is C9H13N3O. The van der Waals surface area contributed by atoms with Gasteiger partial charge in [-0.2, -0.15) is 0 Å². The smallest absolute Gasteiger partial charge is 0.156 e. The van der Waals surface area contributed by atoms with Gasteiger partial charge in [0.25, 0.3) is 0 Å². The van der Waals surface area contributed by atoms with Crippen molar-refractivity contribution in [1.82, 2.24) is 9.55 Å². The van der Waals surface area contributed by atoms with Gasteiger partial charge in [0.05, 0.1) is 0 Å². The van der Waals surface area contributed by atoms with Gasteiger partial charge in [0, 0.05) is 18.3 Å². The second-order valence-electron chi connectivity index (χ2n) is 3.41. The number of hydrogen-bond donors (Lipinski definition) is 1. The Morgan fingerprint density at radius 1 is 1.46 bits per heavy atom. The fourth-order valence-electron chi connectivity index (χ4n) is 1.92. The molecule has 0 radical (unpaired) electrons. The molecule has 1 fully saturated rings. The summed E-state index contributed by atoms with van der Waals surface area (Å²) in [4.78, 5) is 3.93. The summed E-state index contributed by atoms with van der Waals surface area (Å²) >= 11 is 0. The number of imidazole rings is 1. The molecule has 4 heteroatoms. The summed E-state index contributed by atoms with van der Waals surface area (Å²) in [6, 6.07) is 0. The van der Waals surface area contributed by atoms with Crippen LogP contribution in [0.1, 0.15) is 25.7 Å². The van der Waals surface area contributed by atoms with Gasteiger partial charge in [-0.3, -0.25) is 4.57 Å². The van der Waals surface area contributed by atoms with Crippen LogP contribution in [0.3, 0.4) is 0 Å². The lowest BCUT2D eigenvalue weighted by Crippen LogP contribution is -2.19. The molecule has 0 saturated heterocycles. The summed E-state index contributed by atoms with van der Waals surface area (Å²) in [5.74, 6) is 1.13. The minimum atomic E-state index is 0.402. The second kappa shape index (κ2) is 3.60. The first-order chi connectivity index (χ1) is 6.42. The molecule has 0 bridgehead atoms. The summed E-state index contributed by atoms with van der Waals surface area (Å²) in [5.41, 5.74) is 0. The van der Waals surface area contributed by atoms with Gasteiger partial charge >= 0.3 is 0 Å².